The third-order valence-corrected chi connectivity index (χ3v) is 0.425. The van der Waals surface area contributed by atoms with Crippen molar-refractivity contribution < 1.29 is 19.4 Å². The predicted molar refractivity (Wildman–Crippen MR) is 24.1 cm³/mol. The van der Waals surface area contributed by atoms with E-state index in [-0.39, 0.29) is 0 Å². The summed E-state index contributed by atoms with van der Waals surface area (Å²) in [5, 5.41) is 16.7. The van der Waals surface area contributed by atoms with Crippen LogP contribution in [0.25, 0.3) is 0 Å². The van der Waals surface area contributed by atoms with E-state index in [1.165, 1.54) is 0 Å². The summed E-state index contributed by atoms with van der Waals surface area (Å²) in [7, 11) is 0. The second-order valence-electron chi connectivity index (χ2n) is 1.04. The Hall–Kier alpha value is -1.45. The van der Waals surface area contributed by atoms with Gasteiger partial charge in [0.25, 0.3) is 0 Å². The third kappa shape index (κ3) is 10.8. The number of carbonyl (C=O) groups is 1. The first-order valence-electron chi connectivity index (χ1n) is 2.08. The summed E-state index contributed by atoms with van der Waals surface area (Å²) in [5.74, 6) is 0. The van der Waals surface area contributed by atoms with Crippen molar-refractivity contribution in [2.24, 2.45) is 0 Å². The standard InChI is InChI=1S/C4H4O.CH2O3/c1-2-4-5-3-1;2-1(3)4/h1-4H;(H2,2,3,4)/p-2. The van der Waals surface area contributed by atoms with Crippen LogP contribution in [0.3, 0.4) is 0 Å². The first kappa shape index (κ1) is 7.55. The van der Waals surface area contributed by atoms with Gasteiger partial charge in [-0.25, -0.2) is 0 Å². The van der Waals surface area contributed by atoms with E-state index < -0.39 is 6.16 Å². The molecule has 0 aliphatic heterocycles. The molecule has 0 aromatic carbocycles. The Labute approximate surface area is 51.3 Å². The van der Waals surface area contributed by atoms with Crippen molar-refractivity contribution in [3.05, 3.63) is 24.7 Å². The van der Waals surface area contributed by atoms with E-state index in [2.05, 4.69) is 4.42 Å². The first-order chi connectivity index (χ1) is 4.23. The Morgan fingerprint density at radius 2 is 1.56 bits per heavy atom. The number of furan rings is 1. The summed E-state index contributed by atoms with van der Waals surface area (Å²) in [5.41, 5.74) is 0. The van der Waals surface area contributed by atoms with Crippen LogP contribution in [0.15, 0.2) is 29.1 Å². The van der Waals surface area contributed by atoms with Crippen molar-refractivity contribution in [1.29, 1.82) is 0 Å². The highest BCUT2D eigenvalue weighted by molar-refractivity contribution is 5.47. The fourth-order valence-corrected chi connectivity index (χ4v) is 0.227. The zero-order chi connectivity index (χ0) is 7.11. The average molecular weight is 128 g/mol. The highest BCUT2D eigenvalue weighted by Gasteiger charge is 1.58. The van der Waals surface area contributed by atoms with E-state index in [0.717, 1.165) is 0 Å². The average Bonchev–Trinajstić information content (AvgIpc) is 2.11. The number of carboxylic acid groups (broad SMARTS) is 2. The van der Waals surface area contributed by atoms with Crippen LogP contribution >= 0.6 is 0 Å². The zero-order valence-corrected chi connectivity index (χ0v) is 4.44. The molecular weight excluding hydrogens is 124 g/mol. The number of hydrogen-bond donors (Lipinski definition) is 0. The molecule has 1 heterocycles. The maximum absolute atomic E-state index is 8.33. The largest absolute Gasteiger partial charge is 0.652 e. The first-order valence-corrected chi connectivity index (χ1v) is 2.08. The summed E-state index contributed by atoms with van der Waals surface area (Å²) in [6.45, 7) is 0. The summed E-state index contributed by atoms with van der Waals surface area (Å²) in [4.78, 5) is 8.33. The highest BCUT2D eigenvalue weighted by Crippen LogP contribution is 1.79. The molecule has 9 heavy (non-hydrogen) atoms. The molecule has 0 amide bonds. The molecule has 0 radical (unpaired) electrons. The van der Waals surface area contributed by atoms with E-state index in [9.17, 15) is 0 Å². The van der Waals surface area contributed by atoms with Crippen LogP contribution in [0.2, 0.25) is 0 Å². The van der Waals surface area contributed by atoms with Gasteiger partial charge in [-0.1, -0.05) is 0 Å². The molecule has 0 unspecified atom stereocenters. The fourth-order valence-electron chi connectivity index (χ4n) is 0.227. The van der Waals surface area contributed by atoms with Gasteiger partial charge in [0, 0.05) is 0 Å². The molecule has 0 aliphatic carbocycles. The molecule has 0 saturated heterocycles. The molecule has 0 saturated carbocycles. The van der Waals surface area contributed by atoms with Crippen molar-refractivity contribution >= 4 is 6.16 Å². The SMILES string of the molecule is O=C([O-])[O-].c1ccoc1. The van der Waals surface area contributed by atoms with Gasteiger partial charge in [0.1, 0.15) is 0 Å². The smallest absolute Gasteiger partial charge is 0.0902 e. The van der Waals surface area contributed by atoms with Crippen molar-refractivity contribution in [2.45, 2.75) is 0 Å². The minimum absolute atomic E-state index is 1.62. The van der Waals surface area contributed by atoms with Crippen LogP contribution in [0.4, 0.5) is 4.79 Å². The van der Waals surface area contributed by atoms with Crippen LogP contribution in [0.5, 0.6) is 0 Å². The van der Waals surface area contributed by atoms with Gasteiger partial charge < -0.3 is 19.4 Å². The Balaban J connectivity index is 0.000000148. The normalized spacial score (nSPS) is 7.11. The van der Waals surface area contributed by atoms with Gasteiger partial charge in [0.05, 0.1) is 12.5 Å². The molecule has 1 aromatic heterocycles. The Morgan fingerprint density at radius 1 is 1.22 bits per heavy atom. The minimum Gasteiger partial charge on any atom is -0.652 e. The summed E-state index contributed by atoms with van der Waals surface area (Å²) in [6.07, 6.45) is 0.917. The van der Waals surface area contributed by atoms with Crippen molar-refractivity contribution in [1.82, 2.24) is 0 Å². The summed E-state index contributed by atoms with van der Waals surface area (Å²) < 4.78 is 4.58. The van der Waals surface area contributed by atoms with Crippen LogP contribution in [-0.4, -0.2) is 6.16 Å². The van der Waals surface area contributed by atoms with Gasteiger partial charge in [0.2, 0.25) is 0 Å². The maximum Gasteiger partial charge on any atom is 0.0902 e. The lowest BCUT2D eigenvalue weighted by atomic mass is 10.7. The summed E-state index contributed by atoms with van der Waals surface area (Å²) in [6, 6.07) is 3.67. The Bertz CT molecular complexity index is 123. The van der Waals surface area contributed by atoms with E-state index in [1.807, 2.05) is 12.1 Å². The molecule has 50 valence electrons. The molecule has 0 bridgehead atoms. The topological polar surface area (TPSA) is 76.3 Å². The highest BCUT2D eigenvalue weighted by atomic mass is 16.6. The van der Waals surface area contributed by atoms with Gasteiger partial charge in [-0.2, -0.15) is 0 Å². The van der Waals surface area contributed by atoms with E-state index in [1.54, 1.807) is 12.5 Å². The lowest BCUT2D eigenvalue weighted by Gasteiger charge is -1.96. The van der Waals surface area contributed by atoms with Crippen LogP contribution in [0.1, 0.15) is 0 Å². The van der Waals surface area contributed by atoms with Gasteiger partial charge in [-0.15, -0.1) is 0 Å². The van der Waals surface area contributed by atoms with Gasteiger partial charge in [0.15, 0.2) is 0 Å². The van der Waals surface area contributed by atoms with Gasteiger partial charge >= 0.3 is 0 Å². The molecule has 0 aliphatic rings. The molecule has 4 nitrogen and oxygen atoms in total. The molecule has 0 atom stereocenters. The Morgan fingerprint density at radius 3 is 1.67 bits per heavy atom. The molecule has 4 heteroatoms. The summed E-state index contributed by atoms with van der Waals surface area (Å²) >= 11 is 0. The van der Waals surface area contributed by atoms with E-state index >= 15 is 0 Å². The van der Waals surface area contributed by atoms with Gasteiger partial charge in [-0.3, -0.25) is 0 Å². The fraction of sp³-hybridized carbons (Fsp3) is 0. The number of carbonyl (C=O) groups excluding carboxylic acids is 1. The van der Waals surface area contributed by atoms with Crippen molar-refractivity contribution in [3.8, 4) is 0 Å². The molecule has 0 fully saturated rings. The lowest BCUT2D eigenvalue weighted by Crippen LogP contribution is -2.37. The van der Waals surface area contributed by atoms with E-state index in [4.69, 9.17) is 15.0 Å². The molecular formula is C5H4O4-2. The second kappa shape index (κ2) is 4.70. The zero-order valence-electron chi connectivity index (χ0n) is 4.44. The number of hydrogen-bond acceptors (Lipinski definition) is 4. The molecule has 0 N–H and O–H groups in total. The van der Waals surface area contributed by atoms with Crippen LogP contribution in [0, 0.1) is 0 Å². The monoisotopic (exact) mass is 128 g/mol. The molecule has 1 rings (SSSR count). The third-order valence-electron chi connectivity index (χ3n) is 0.425. The molecule has 1 aromatic rings. The van der Waals surface area contributed by atoms with E-state index in [0.29, 0.717) is 0 Å². The van der Waals surface area contributed by atoms with Gasteiger partial charge in [-0.05, 0) is 18.3 Å². The minimum atomic E-state index is -2.33. The van der Waals surface area contributed by atoms with Crippen LogP contribution < -0.4 is 10.2 Å². The van der Waals surface area contributed by atoms with Crippen LogP contribution in [-0.2, 0) is 0 Å². The van der Waals surface area contributed by atoms with Crippen molar-refractivity contribution in [3.63, 3.8) is 0 Å². The number of rotatable bonds is 0. The quantitative estimate of drug-likeness (QED) is 0.441. The molecule has 0 spiro atoms. The second-order valence-corrected chi connectivity index (χ2v) is 1.04. The lowest BCUT2D eigenvalue weighted by molar-refractivity contribution is -0.415. The van der Waals surface area contributed by atoms with Crippen molar-refractivity contribution in [2.75, 3.05) is 0 Å². The maximum atomic E-state index is 8.33. The Kier molecular flexibility index (Phi) is 3.95. The predicted octanol–water partition coefficient (Wildman–Crippen LogP) is -1.17.